The molecule has 1 aromatic carbocycles. The van der Waals surface area contributed by atoms with Crippen molar-refractivity contribution in [2.45, 2.75) is 38.6 Å². The molecule has 5 nitrogen and oxygen atoms in total. The summed E-state index contributed by atoms with van der Waals surface area (Å²) in [5.74, 6) is 0.506. The van der Waals surface area contributed by atoms with Gasteiger partial charge in [0.1, 0.15) is 11.5 Å². The molecule has 1 heterocycles. The lowest BCUT2D eigenvalue weighted by molar-refractivity contribution is -0.118. The molecule has 136 valence electrons. The van der Waals surface area contributed by atoms with E-state index in [1.54, 1.807) is 42.5 Å². The van der Waals surface area contributed by atoms with Gasteiger partial charge in [-0.25, -0.2) is 0 Å². The average Bonchev–Trinajstić information content (AvgIpc) is 3.15. The zero-order chi connectivity index (χ0) is 18.4. The van der Waals surface area contributed by atoms with E-state index < -0.39 is 0 Å². The van der Waals surface area contributed by atoms with Gasteiger partial charge in [-0.1, -0.05) is 38.0 Å². The monoisotopic (exact) mass is 352 g/mol. The maximum Gasteiger partial charge on any atom is 0.268 e. The van der Waals surface area contributed by atoms with Crippen molar-refractivity contribution in [2.75, 3.05) is 0 Å². The van der Waals surface area contributed by atoms with Gasteiger partial charge in [0.15, 0.2) is 0 Å². The summed E-state index contributed by atoms with van der Waals surface area (Å²) in [5.41, 5.74) is 0.684. The molecule has 2 N–H and O–H groups in total. The minimum absolute atomic E-state index is 0.139. The van der Waals surface area contributed by atoms with Crippen LogP contribution in [0.1, 0.15) is 48.7 Å². The van der Waals surface area contributed by atoms with Crippen LogP contribution in [-0.2, 0) is 4.79 Å². The van der Waals surface area contributed by atoms with Crippen LogP contribution in [0.15, 0.2) is 58.8 Å². The molecule has 1 aromatic heterocycles. The highest BCUT2D eigenvalue weighted by Crippen LogP contribution is 2.23. The predicted molar refractivity (Wildman–Crippen MR) is 100 cm³/mol. The van der Waals surface area contributed by atoms with Crippen molar-refractivity contribution < 1.29 is 14.0 Å². The Hall–Kier alpha value is -2.82. The molecule has 2 atom stereocenters. The number of amides is 2. The Balaban J connectivity index is 1.75. The lowest BCUT2D eigenvalue weighted by atomic mass is 9.87. The van der Waals surface area contributed by atoms with E-state index >= 15 is 0 Å². The lowest BCUT2D eigenvalue weighted by Gasteiger charge is -2.27. The van der Waals surface area contributed by atoms with Crippen molar-refractivity contribution in [2.24, 2.45) is 5.92 Å². The van der Waals surface area contributed by atoms with E-state index in [1.807, 2.05) is 6.07 Å². The van der Waals surface area contributed by atoms with Crippen LogP contribution in [0.3, 0.4) is 0 Å². The second-order valence-corrected chi connectivity index (χ2v) is 6.84. The number of carbonyl (C=O) groups is 2. The van der Waals surface area contributed by atoms with Crippen LogP contribution in [0, 0.1) is 5.92 Å². The standard InChI is InChI=1S/C21H24N2O3/c1-15-7-5-10-17(13-15)22-21(25)19(14-18-11-6-12-26-18)23-20(24)16-8-3-2-4-9-16/h2-4,6,8-9,11-12,14-15,17H,5,7,10,13H2,1H3,(H,22,25)(H,23,24)/b19-14-. The van der Waals surface area contributed by atoms with Gasteiger partial charge in [0, 0.05) is 17.7 Å². The summed E-state index contributed by atoms with van der Waals surface area (Å²) < 4.78 is 5.30. The molecule has 2 aromatic rings. The number of hydrogen-bond acceptors (Lipinski definition) is 3. The van der Waals surface area contributed by atoms with Crippen molar-refractivity contribution in [3.63, 3.8) is 0 Å². The fourth-order valence-corrected chi connectivity index (χ4v) is 3.29. The van der Waals surface area contributed by atoms with E-state index in [4.69, 9.17) is 4.42 Å². The minimum atomic E-state index is -0.324. The number of nitrogens with one attached hydrogen (secondary N) is 2. The largest absolute Gasteiger partial charge is 0.465 e. The summed E-state index contributed by atoms with van der Waals surface area (Å²) in [5, 5.41) is 5.78. The third-order valence-electron chi connectivity index (χ3n) is 4.63. The molecule has 5 heteroatoms. The summed E-state index contributed by atoms with van der Waals surface area (Å²) in [6.07, 6.45) is 7.33. The minimum Gasteiger partial charge on any atom is -0.465 e. The van der Waals surface area contributed by atoms with Crippen LogP contribution in [0.4, 0.5) is 0 Å². The number of rotatable bonds is 5. The highest BCUT2D eigenvalue weighted by atomic mass is 16.3. The molecular formula is C21H24N2O3. The lowest BCUT2D eigenvalue weighted by Crippen LogP contribution is -2.42. The fourth-order valence-electron chi connectivity index (χ4n) is 3.29. The van der Waals surface area contributed by atoms with E-state index in [0.29, 0.717) is 17.2 Å². The third kappa shape index (κ3) is 4.85. The van der Waals surface area contributed by atoms with Gasteiger partial charge < -0.3 is 15.1 Å². The summed E-state index contributed by atoms with van der Waals surface area (Å²) in [6, 6.07) is 12.4. The molecule has 1 aliphatic carbocycles. The Kier molecular flexibility index (Phi) is 5.89. The normalized spacial score (nSPS) is 20.4. The first-order valence-corrected chi connectivity index (χ1v) is 9.04. The van der Waals surface area contributed by atoms with Crippen LogP contribution >= 0.6 is 0 Å². The highest BCUT2D eigenvalue weighted by Gasteiger charge is 2.23. The zero-order valence-corrected chi connectivity index (χ0v) is 14.9. The second-order valence-electron chi connectivity index (χ2n) is 6.84. The third-order valence-corrected chi connectivity index (χ3v) is 4.63. The second kappa shape index (κ2) is 8.52. The van der Waals surface area contributed by atoms with E-state index in [2.05, 4.69) is 17.6 Å². The Bertz CT molecular complexity index is 766. The first kappa shape index (κ1) is 18.0. The molecule has 0 saturated heterocycles. The van der Waals surface area contributed by atoms with Crippen LogP contribution in [0.5, 0.6) is 0 Å². The zero-order valence-electron chi connectivity index (χ0n) is 14.9. The van der Waals surface area contributed by atoms with Gasteiger partial charge in [0.05, 0.1) is 6.26 Å². The van der Waals surface area contributed by atoms with Gasteiger partial charge in [-0.3, -0.25) is 9.59 Å². The Morgan fingerprint density at radius 1 is 1.12 bits per heavy atom. The molecule has 2 amide bonds. The van der Waals surface area contributed by atoms with Gasteiger partial charge in [0.25, 0.3) is 11.8 Å². The SMILES string of the molecule is CC1CCCC(NC(=O)/C(=C/c2ccco2)NC(=O)c2ccccc2)C1. The summed E-state index contributed by atoms with van der Waals surface area (Å²) in [4.78, 5) is 25.2. The smallest absolute Gasteiger partial charge is 0.268 e. The molecule has 0 aliphatic heterocycles. The number of carbonyl (C=O) groups excluding carboxylic acids is 2. The Morgan fingerprint density at radius 2 is 1.92 bits per heavy atom. The van der Waals surface area contributed by atoms with Crippen molar-refractivity contribution in [1.29, 1.82) is 0 Å². The number of hydrogen-bond donors (Lipinski definition) is 2. The molecule has 26 heavy (non-hydrogen) atoms. The van der Waals surface area contributed by atoms with Crippen LogP contribution in [0.2, 0.25) is 0 Å². The fraction of sp³-hybridized carbons (Fsp3) is 0.333. The maximum absolute atomic E-state index is 12.8. The Labute approximate surface area is 153 Å². The van der Waals surface area contributed by atoms with Gasteiger partial charge in [-0.2, -0.15) is 0 Å². The van der Waals surface area contributed by atoms with Gasteiger partial charge >= 0.3 is 0 Å². The molecule has 3 rings (SSSR count). The molecule has 2 unspecified atom stereocenters. The predicted octanol–water partition coefficient (Wildman–Crippen LogP) is 3.75. The quantitative estimate of drug-likeness (QED) is 0.805. The van der Waals surface area contributed by atoms with Crippen molar-refractivity contribution in [3.05, 3.63) is 65.7 Å². The maximum atomic E-state index is 12.8. The molecule has 0 spiro atoms. The van der Waals surface area contributed by atoms with Crippen molar-refractivity contribution in [3.8, 4) is 0 Å². The highest BCUT2D eigenvalue weighted by molar-refractivity contribution is 6.05. The molecule has 1 saturated carbocycles. The molecular weight excluding hydrogens is 328 g/mol. The van der Waals surface area contributed by atoms with E-state index in [0.717, 1.165) is 19.3 Å². The van der Waals surface area contributed by atoms with Gasteiger partial charge in [0.2, 0.25) is 0 Å². The summed E-state index contributed by atoms with van der Waals surface area (Å²) in [6.45, 7) is 2.20. The molecule has 1 fully saturated rings. The van der Waals surface area contributed by atoms with Gasteiger partial charge in [-0.15, -0.1) is 0 Å². The summed E-state index contributed by atoms with van der Waals surface area (Å²) >= 11 is 0. The number of benzene rings is 1. The average molecular weight is 352 g/mol. The van der Waals surface area contributed by atoms with Crippen LogP contribution in [0.25, 0.3) is 6.08 Å². The van der Waals surface area contributed by atoms with E-state index in [-0.39, 0.29) is 23.6 Å². The molecule has 0 radical (unpaired) electrons. The summed E-state index contributed by atoms with van der Waals surface area (Å²) in [7, 11) is 0. The van der Waals surface area contributed by atoms with Crippen molar-refractivity contribution >= 4 is 17.9 Å². The van der Waals surface area contributed by atoms with Crippen LogP contribution in [-0.4, -0.2) is 17.9 Å². The topological polar surface area (TPSA) is 71.3 Å². The van der Waals surface area contributed by atoms with Crippen molar-refractivity contribution in [1.82, 2.24) is 10.6 Å². The number of furan rings is 1. The Morgan fingerprint density at radius 3 is 2.62 bits per heavy atom. The van der Waals surface area contributed by atoms with E-state index in [9.17, 15) is 9.59 Å². The molecule has 1 aliphatic rings. The van der Waals surface area contributed by atoms with Gasteiger partial charge in [-0.05, 0) is 43.0 Å². The molecule has 0 bridgehead atoms. The van der Waals surface area contributed by atoms with E-state index in [1.165, 1.54) is 12.7 Å². The van der Waals surface area contributed by atoms with Crippen LogP contribution < -0.4 is 10.6 Å². The first-order chi connectivity index (χ1) is 12.6. The first-order valence-electron chi connectivity index (χ1n) is 9.04.